The second-order valence-electron chi connectivity index (χ2n) is 8.66. The van der Waals surface area contributed by atoms with Crippen LogP contribution in [-0.2, 0) is 22.4 Å². The van der Waals surface area contributed by atoms with Crippen molar-refractivity contribution < 1.29 is 28.2 Å². The van der Waals surface area contributed by atoms with Gasteiger partial charge >= 0.3 is 0 Å². The minimum absolute atomic E-state index is 0.0603. The van der Waals surface area contributed by atoms with E-state index in [9.17, 15) is 23.5 Å². The average molecular weight is 521 g/mol. The van der Waals surface area contributed by atoms with Gasteiger partial charge in [0.05, 0.1) is 31.4 Å². The predicted molar refractivity (Wildman–Crippen MR) is 128 cm³/mol. The molecule has 4 rings (SSSR count). The van der Waals surface area contributed by atoms with Crippen molar-refractivity contribution in [2.24, 2.45) is 0 Å². The van der Waals surface area contributed by atoms with Crippen LogP contribution in [0.4, 0.5) is 8.78 Å². The number of amides is 1. The molecule has 0 saturated heterocycles. The summed E-state index contributed by atoms with van der Waals surface area (Å²) >= 11 is 1.05. The lowest BCUT2D eigenvalue weighted by Crippen LogP contribution is -2.54. The van der Waals surface area contributed by atoms with E-state index in [2.05, 4.69) is 10.2 Å². The van der Waals surface area contributed by atoms with Gasteiger partial charge in [-0.25, -0.2) is 8.78 Å². The minimum Gasteiger partial charge on any atom is -0.503 e. The number of methoxy groups -OCH3 is 1. The Morgan fingerprint density at radius 3 is 2.69 bits per heavy atom. The highest BCUT2D eigenvalue weighted by Gasteiger charge is 2.37. The lowest BCUT2D eigenvalue weighted by atomic mass is 10.1. The van der Waals surface area contributed by atoms with E-state index in [1.165, 1.54) is 12.3 Å². The molecule has 0 unspecified atom stereocenters. The molecule has 1 aliphatic heterocycles. The van der Waals surface area contributed by atoms with Crippen LogP contribution in [-0.4, -0.2) is 69.7 Å². The van der Waals surface area contributed by atoms with Gasteiger partial charge in [-0.3, -0.25) is 9.59 Å². The van der Waals surface area contributed by atoms with Crippen LogP contribution < -0.4 is 5.43 Å². The van der Waals surface area contributed by atoms with Gasteiger partial charge in [0.2, 0.25) is 5.43 Å². The largest absolute Gasteiger partial charge is 0.503 e. The number of aromatic hydroxyl groups is 1. The van der Waals surface area contributed by atoms with Gasteiger partial charge in [0.15, 0.2) is 16.5 Å². The van der Waals surface area contributed by atoms with E-state index in [0.717, 1.165) is 23.5 Å². The standard InChI is InChI=1S/C24H26F2N4O5S/c1-13(2)30-16(12-35-7-6-34-3)10-29-11-17(21(31)22(32)20(29)24(30)33)23-28-27-19(36-23)8-14-4-5-15(25)9-18(14)26/h4-5,9,11,13,16,32H,6-8,10,12H2,1-3H3/t16-/m0/s1. The molecule has 192 valence electrons. The molecule has 0 fully saturated rings. The lowest BCUT2D eigenvalue weighted by molar-refractivity contribution is 0.00831. The summed E-state index contributed by atoms with van der Waals surface area (Å²) in [7, 11) is 1.57. The van der Waals surface area contributed by atoms with E-state index >= 15 is 0 Å². The SMILES string of the molecule is COCCOC[C@@H]1Cn2cc(-c3nnc(Cc4ccc(F)cc4F)s3)c(=O)c(O)c2C(=O)N1C(C)C. The fourth-order valence-electron chi connectivity index (χ4n) is 4.19. The number of benzene rings is 1. The van der Waals surface area contributed by atoms with E-state index < -0.39 is 28.7 Å². The third-order valence-corrected chi connectivity index (χ3v) is 6.80. The molecule has 1 amide bonds. The molecule has 36 heavy (non-hydrogen) atoms. The van der Waals surface area contributed by atoms with Gasteiger partial charge < -0.3 is 24.0 Å². The molecule has 12 heteroatoms. The van der Waals surface area contributed by atoms with Crippen molar-refractivity contribution in [3.63, 3.8) is 0 Å². The minimum atomic E-state index is -0.747. The zero-order chi connectivity index (χ0) is 26.0. The van der Waals surface area contributed by atoms with Crippen LogP contribution in [0.2, 0.25) is 0 Å². The Kier molecular flexibility index (Phi) is 7.76. The second kappa shape index (κ2) is 10.8. The maximum atomic E-state index is 14.0. The van der Waals surface area contributed by atoms with Crippen molar-refractivity contribution in [2.45, 2.75) is 38.9 Å². The third-order valence-electron chi connectivity index (χ3n) is 5.85. The smallest absolute Gasteiger partial charge is 0.275 e. The Bertz CT molecular complexity index is 1330. The molecule has 1 aromatic carbocycles. The average Bonchev–Trinajstić information content (AvgIpc) is 3.28. The summed E-state index contributed by atoms with van der Waals surface area (Å²) in [4.78, 5) is 27.9. The molecule has 1 atom stereocenters. The molecule has 3 aromatic rings. The summed E-state index contributed by atoms with van der Waals surface area (Å²) in [5.74, 6) is -2.52. The van der Waals surface area contributed by atoms with E-state index in [-0.39, 0.29) is 46.9 Å². The fourth-order valence-corrected chi connectivity index (χ4v) is 5.06. The van der Waals surface area contributed by atoms with Gasteiger partial charge in [0.25, 0.3) is 5.91 Å². The molecule has 0 radical (unpaired) electrons. The number of aromatic nitrogens is 3. The number of carbonyl (C=O) groups is 1. The number of carbonyl (C=O) groups excluding carboxylic acids is 1. The highest BCUT2D eigenvalue weighted by atomic mass is 32.1. The summed E-state index contributed by atoms with van der Waals surface area (Å²) in [5.41, 5.74) is -0.531. The second-order valence-corrected chi connectivity index (χ2v) is 9.72. The van der Waals surface area contributed by atoms with Crippen molar-refractivity contribution in [3.8, 4) is 16.3 Å². The molecular weight excluding hydrogens is 494 g/mol. The normalized spacial score (nSPS) is 15.6. The van der Waals surface area contributed by atoms with Gasteiger partial charge in [0.1, 0.15) is 16.6 Å². The summed E-state index contributed by atoms with van der Waals surface area (Å²) in [6.07, 6.45) is 1.54. The molecule has 1 aliphatic rings. The highest BCUT2D eigenvalue weighted by Crippen LogP contribution is 2.30. The quantitative estimate of drug-likeness (QED) is 0.433. The van der Waals surface area contributed by atoms with Crippen molar-refractivity contribution in [1.29, 1.82) is 0 Å². The van der Waals surface area contributed by atoms with Gasteiger partial charge in [-0.1, -0.05) is 17.4 Å². The molecule has 1 N–H and O–H groups in total. The highest BCUT2D eigenvalue weighted by molar-refractivity contribution is 7.14. The third kappa shape index (κ3) is 5.15. The van der Waals surface area contributed by atoms with Crippen molar-refractivity contribution in [2.75, 3.05) is 26.9 Å². The Hall–Kier alpha value is -3.22. The predicted octanol–water partition coefficient (Wildman–Crippen LogP) is 2.84. The van der Waals surface area contributed by atoms with Crippen molar-refractivity contribution >= 4 is 17.2 Å². The van der Waals surface area contributed by atoms with E-state index in [1.807, 2.05) is 13.8 Å². The Morgan fingerprint density at radius 1 is 1.22 bits per heavy atom. The molecule has 0 saturated carbocycles. The molecule has 0 aliphatic carbocycles. The number of halogens is 2. The summed E-state index contributed by atoms with van der Waals surface area (Å²) in [5, 5.41) is 19.4. The first-order chi connectivity index (χ1) is 17.2. The molecule has 0 spiro atoms. The summed E-state index contributed by atoms with van der Waals surface area (Å²) in [6.45, 7) is 5.03. The van der Waals surface area contributed by atoms with Gasteiger partial charge in [-0.15, -0.1) is 10.2 Å². The van der Waals surface area contributed by atoms with Gasteiger partial charge in [-0.05, 0) is 25.5 Å². The molecule has 2 aromatic heterocycles. The van der Waals surface area contributed by atoms with Crippen LogP contribution in [0.15, 0.2) is 29.2 Å². The molecule has 3 heterocycles. The maximum Gasteiger partial charge on any atom is 0.275 e. The van der Waals surface area contributed by atoms with E-state index in [1.54, 1.807) is 16.6 Å². The number of rotatable bonds is 9. The Morgan fingerprint density at radius 2 is 2.00 bits per heavy atom. The first kappa shape index (κ1) is 25.9. The number of fused-ring (bicyclic) bond motifs is 1. The molecule has 9 nitrogen and oxygen atoms in total. The monoisotopic (exact) mass is 520 g/mol. The number of nitrogens with zero attached hydrogens (tertiary/aromatic N) is 4. The number of ether oxygens (including phenoxy) is 2. The van der Waals surface area contributed by atoms with Crippen LogP contribution in [0, 0.1) is 11.6 Å². The van der Waals surface area contributed by atoms with Crippen molar-refractivity contribution in [3.05, 3.63) is 62.5 Å². The first-order valence-corrected chi connectivity index (χ1v) is 12.1. The summed E-state index contributed by atoms with van der Waals surface area (Å²) in [6, 6.07) is 2.75. The van der Waals surface area contributed by atoms with Crippen molar-refractivity contribution in [1.82, 2.24) is 19.7 Å². The summed E-state index contributed by atoms with van der Waals surface area (Å²) < 4.78 is 39.4. The van der Waals surface area contributed by atoms with Gasteiger partial charge in [0, 0.05) is 38.4 Å². The van der Waals surface area contributed by atoms with Crippen LogP contribution in [0.25, 0.3) is 10.6 Å². The number of pyridine rings is 1. The number of hydrogen-bond donors (Lipinski definition) is 1. The topological polar surface area (TPSA) is 107 Å². The maximum absolute atomic E-state index is 14.0. The lowest BCUT2D eigenvalue weighted by Gasteiger charge is -2.40. The Balaban J connectivity index is 1.65. The zero-order valence-electron chi connectivity index (χ0n) is 20.0. The van der Waals surface area contributed by atoms with E-state index in [4.69, 9.17) is 9.47 Å². The van der Waals surface area contributed by atoms with Crippen LogP contribution >= 0.6 is 11.3 Å². The van der Waals surface area contributed by atoms with Gasteiger partial charge in [-0.2, -0.15) is 0 Å². The van der Waals surface area contributed by atoms with E-state index in [0.29, 0.717) is 24.8 Å². The van der Waals surface area contributed by atoms with Crippen LogP contribution in [0.5, 0.6) is 5.75 Å². The first-order valence-electron chi connectivity index (χ1n) is 11.3. The van der Waals surface area contributed by atoms with Crippen LogP contribution in [0.3, 0.4) is 0 Å². The molecule has 0 bridgehead atoms. The zero-order valence-corrected chi connectivity index (χ0v) is 20.8. The van der Waals surface area contributed by atoms with Crippen LogP contribution in [0.1, 0.15) is 34.9 Å². The Labute approximate surface area is 209 Å². The number of hydrogen-bond acceptors (Lipinski definition) is 8. The fraction of sp³-hybridized carbons (Fsp3) is 0.417. The molecular formula is C24H26F2N4O5S.